The van der Waals surface area contributed by atoms with Crippen molar-refractivity contribution in [3.05, 3.63) is 48.3 Å². The van der Waals surface area contributed by atoms with E-state index in [-0.39, 0.29) is 35.8 Å². The number of guanidine groups is 1. The molecular weight excluding hydrogens is 422 g/mol. The number of nitrogens with one attached hydrogen (secondary N) is 2. The third kappa shape index (κ3) is 6.37. The maximum Gasteiger partial charge on any atom is 0.191 e. The number of halogens is 2. The van der Waals surface area contributed by atoms with Gasteiger partial charge in [0.05, 0.1) is 19.3 Å². The molecule has 1 unspecified atom stereocenters. The fourth-order valence-corrected chi connectivity index (χ4v) is 2.61. The van der Waals surface area contributed by atoms with Gasteiger partial charge in [-0.15, -0.1) is 30.6 Å². The molecule has 1 saturated heterocycles. The van der Waals surface area contributed by atoms with E-state index in [1.807, 2.05) is 12.1 Å². The molecule has 0 radical (unpaired) electrons. The number of hydrogen-bond donors (Lipinski definition) is 2. The Hall–Kier alpha value is -1.19. The van der Waals surface area contributed by atoms with Crippen LogP contribution in [0, 0.1) is 5.82 Å². The Labute approximate surface area is 160 Å². The number of morpholine rings is 1. The van der Waals surface area contributed by atoms with Gasteiger partial charge in [0.15, 0.2) is 5.96 Å². The second-order valence-electron chi connectivity index (χ2n) is 5.34. The van der Waals surface area contributed by atoms with E-state index in [0.29, 0.717) is 13.1 Å². The van der Waals surface area contributed by atoms with Crippen LogP contribution in [0.5, 0.6) is 0 Å². The van der Waals surface area contributed by atoms with E-state index in [0.717, 1.165) is 37.8 Å². The third-order valence-corrected chi connectivity index (χ3v) is 3.84. The minimum atomic E-state index is -0.217. The van der Waals surface area contributed by atoms with Crippen molar-refractivity contribution in [2.45, 2.75) is 6.04 Å². The number of benzene rings is 1. The number of ether oxygens (including phenoxy) is 1. The topological polar surface area (TPSA) is 48.9 Å². The Morgan fingerprint density at radius 3 is 2.58 bits per heavy atom. The van der Waals surface area contributed by atoms with Gasteiger partial charge in [-0.1, -0.05) is 18.2 Å². The van der Waals surface area contributed by atoms with E-state index in [1.165, 1.54) is 12.1 Å². The van der Waals surface area contributed by atoms with Crippen LogP contribution >= 0.6 is 24.0 Å². The summed E-state index contributed by atoms with van der Waals surface area (Å²) in [6.07, 6.45) is 1.78. The number of aliphatic imine (C=N–C) groups is 1. The lowest BCUT2D eigenvalue weighted by atomic mass is 10.0. The van der Waals surface area contributed by atoms with E-state index in [4.69, 9.17) is 4.74 Å². The number of nitrogens with zero attached hydrogens (tertiary/aromatic N) is 2. The molecule has 2 rings (SSSR count). The lowest BCUT2D eigenvalue weighted by Crippen LogP contribution is -2.46. The number of hydrogen-bond acceptors (Lipinski definition) is 3. The molecule has 24 heavy (non-hydrogen) atoms. The van der Waals surface area contributed by atoms with Crippen LogP contribution in [0.1, 0.15) is 11.6 Å². The second-order valence-corrected chi connectivity index (χ2v) is 5.34. The minimum Gasteiger partial charge on any atom is -0.379 e. The summed E-state index contributed by atoms with van der Waals surface area (Å²) in [7, 11) is 1.74. The Morgan fingerprint density at radius 2 is 2.00 bits per heavy atom. The molecule has 1 aromatic carbocycles. The molecule has 1 aromatic rings. The molecule has 1 heterocycles. The lowest BCUT2D eigenvalue weighted by molar-refractivity contribution is 0.0170. The molecule has 1 fully saturated rings. The molecule has 0 aromatic heterocycles. The first-order valence-corrected chi connectivity index (χ1v) is 7.87. The normalized spacial score (nSPS) is 16.8. The van der Waals surface area contributed by atoms with E-state index in [2.05, 4.69) is 27.1 Å². The summed E-state index contributed by atoms with van der Waals surface area (Å²) in [5.74, 6) is 0.510. The maximum absolute atomic E-state index is 13.2. The molecule has 1 aliphatic heterocycles. The van der Waals surface area contributed by atoms with Gasteiger partial charge in [0.25, 0.3) is 0 Å². The van der Waals surface area contributed by atoms with Crippen LogP contribution in [0.25, 0.3) is 0 Å². The Balaban J connectivity index is 0.00000288. The summed E-state index contributed by atoms with van der Waals surface area (Å²) in [6.45, 7) is 8.20. The first-order chi connectivity index (χ1) is 11.2. The molecule has 0 bridgehead atoms. The zero-order chi connectivity index (χ0) is 16.5. The Kier molecular flexibility index (Phi) is 9.89. The van der Waals surface area contributed by atoms with Crippen molar-refractivity contribution < 1.29 is 9.13 Å². The van der Waals surface area contributed by atoms with Crippen LogP contribution in [0.2, 0.25) is 0 Å². The number of rotatable bonds is 6. The summed E-state index contributed by atoms with van der Waals surface area (Å²) in [4.78, 5) is 6.55. The van der Waals surface area contributed by atoms with Gasteiger partial charge in [-0.3, -0.25) is 9.89 Å². The first kappa shape index (κ1) is 20.9. The molecule has 0 amide bonds. The summed E-state index contributed by atoms with van der Waals surface area (Å²) in [5, 5.41) is 6.49. The monoisotopic (exact) mass is 448 g/mol. The highest BCUT2D eigenvalue weighted by atomic mass is 127. The first-order valence-electron chi connectivity index (χ1n) is 7.87. The van der Waals surface area contributed by atoms with Crippen molar-refractivity contribution in [2.75, 3.05) is 46.4 Å². The fraction of sp³-hybridized carbons (Fsp3) is 0.471. The van der Waals surface area contributed by atoms with Crippen molar-refractivity contribution in [1.82, 2.24) is 15.5 Å². The molecule has 0 spiro atoms. The van der Waals surface area contributed by atoms with Crippen molar-refractivity contribution in [3.8, 4) is 0 Å². The van der Waals surface area contributed by atoms with Crippen LogP contribution in [-0.4, -0.2) is 57.3 Å². The van der Waals surface area contributed by atoms with Crippen molar-refractivity contribution >= 4 is 29.9 Å². The van der Waals surface area contributed by atoms with Gasteiger partial charge in [0.2, 0.25) is 0 Å². The molecule has 0 aliphatic carbocycles. The van der Waals surface area contributed by atoms with Gasteiger partial charge in [-0.25, -0.2) is 4.39 Å². The van der Waals surface area contributed by atoms with Crippen LogP contribution in [0.4, 0.5) is 4.39 Å². The predicted octanol–water partition coefficient (Wildman–Crippen LogP) is 2.17. The predicted molar refractivity (Wildman–Crippen MR) is 107 cm³/mol. The lowest BCUT2D eigenvalue weighted by Gasteiger charge is -2.35. The smallest absolute Gasteiger partial charge is 0.191 e. The van der Waals surface area contributed by atoms with E-state index < -0.39 is 0 Å². The summed E-state index contributed by atoms with van der Waals surface area (Å²) in [5.41, 5.74) is 1.08. The average Bonchev–Trinajstić information content (AvgIpc) is 2.60. The van der Waals surface area contributed by atoms with Crippen molar-refractivity contribution in [1.29, 1.82) is 0 Å². The largest absolute Gasteiger partial charge is 0.379 e. The molecule has 5 nitrogen and oxygen atoms in total. The fourth-order valence-electron chi connectivity index (χ4n) is 2.61. The molecule has 2 N–H and O–H groups in total. The van der Waals surface area contributed by atoms with Gasteiger partial charge in [-0.2, -0.15) is 0 Å². The quantitative estimate of drug-likeness (QED) is 0.303. The minimum absolute atomic E-state index is 0. The van der Waals surface area contributed by atoms with Crippen LogP contribution in [-0.2, 0) is 4.74 Å². The standard InChI is InChI=1S/C17H25FN4O.HI/c1-3-8-20-17(19-2)21-13-16(22-9-11-23-12-10-22)14-4-6-15(18)7-5-14;/h3-7,16H,1,8-13H2,2H3,(H2,19,20,21);1H. The van der Waals surface area contributed by atoms with Crippen LogP contribution in [0.3, 0.4) is 0 Å². The third-order valence-electron chi connectivity index (χ3n) is 3.84. The van der Waals surface area contributed by atoms with E-state index in [9.17, 15) is 4.39 Å². The molecule has 1 aliphatic rings. The van der Waals surface area contributed by atoms with Crippen molar-refractivity contribution in [2.24, 2.45) is 4.99 Å². The van der Waals surface area contributed by atoms with Crippen LogP contribution < -0.4 is 10.6 Å². The zero-order valence-electron chi connectivity index (χ0n) is 14.0. The van der Waals surface area contributed by atoms with E-state index in [1.54, 1.807) is 13.1 Å². The highest BCUT2D eigenvalue weighted by Gasteiger charge is 2.22. The average molecular weight is 448 g/mol. The SMILES string of the molecule is C=CCNC(=NC)NCC(c1ccc(F)cc1)N1CCOCC1.I. The van der Waals surface area contributed by atoms with Crippen molar-refractivity contribution in [3.63, 3.8) is 0 Å². The van der Waals surface area contributed by atoms with E-state index >= 15 is 0 Å². The highest BCUT2D eigenvalue weighted by Crippen LogP contribution is 2.21. The molecular formula is C17H26FIN4O. The van der Waals surface area contributed by atoms with Crippen LogP contribution in [0.15, 0.2) is 41.9 Å². The Bertz CT molecular complexity index is 518. The van der Waals surface area contributed by atoms with Gasteiger partial charge in [-0.05, 0) is 17.7 Å². The highest BCUT2D eigenvalue weighted by molar-refractivity contribution is 14.0. The molecule has 0 saturated carbocycles. The maximum atomic E-state index is 13.2. The van der Waals surface area contributed by atoms with Gasteiger partial charge >= 0.3 is 0 Å². The summed E-state index contributed by atoms with van der Waals surface area (Å²) < 4.78 is 18.6. The zero-order valence-corrected chi connectivity index (χ0v) is 16.3. The van der Waals surface area contributed by atoms with Gasteiger partial charge < -0.3 is 15.4 Å². The van der Waals surface area contributed by atoms with Gasteiger partial charge in [0, 0.05) is 33.2 Å². The molecule has 1 atom stereocenters. The summed E-state index contributed by atoms with van der Waals surface area (Å²) >= 11 is 0. The molecule has 134 valence electrons. The Morgan fingerprint density at radius 1 is 1.33 bits per heavy atom. The molecule has 7 heteroatoms. The summed E-state index contributed by atoms with van der Waals surface area (Å²) in [6, 6.07) is 6.84. The second kappa shape index (κ2) is 11.4. The van der Waals surface area contributed by atoms with Gasteiger partial charge in [0.1, 0.15) is 5.82 Å².